The van der Waals surface area contributed by atoms with E-state index in [2.05, 4.69) is 6.92 Å². The fourth-order valence-electron chi connectivity index (χ4n) is 4.21. The second kappa shape index (κ2) is 25.5. The minimum atomic E-state index is -0.963. The minimum absolute atomic E-state index is 0.240. The van der Waals surface area contributed by atoms with Gasteiger partial charge in [0.1, 0.15) is 0 Å². The van der Waals surface area contributed by atoms with Crippen LogP contribution in [0.15, 0.2) is 0 Å². The molecular weight excluding hydrogens is 416 g/mol. The zero-order chi connectivity index (χ0) is 24.4. The number of carbonyl (C=O) groups excluding carboxylic acids is 1. The molecule has 1 atom stereocenters. The van der Waals surface area contributed by atoms with Crippen molar-refractivity contribution in [2.75, 3.05) is 0 Å². The summed E-state index contributed by atoms with van der Waals surface area (Å²) >= 11 is 0. The fourth-order valence-corrected chi connectivity index (χ4v) is 4.21. The summed E-state index contributed by atoms with van der Waals surface area (Å²) in [5, 5.41) is 18.5. The van der Waals surface area contributed by atoms with E-state index in [1.54, 1.807) is 0 Å². The Bertz CT molecular complexity index is 438. The van der Waals surface area contributed by atoms with Crippen LogP contribution in [0.4, 0.5) is 0 Å². The SMILES string of the molecule is CCCCCCCCCCCCCCCCCC(O)OC(=O)CCCCCCCCC(=O)O. The molecule has 0 saturated carbocycles. The number of aliphatic carboxylic acids is 1. The molecule has 0 heterocycles. The lowest BCUT2D eigenvalue weighted by Crippen LogP contribution is -2.17. The van der Waals surface area contributed by atoms with Crippen molar-refractivity contribution in [3.8, 4) is 0 Å². The predicted molar refractivity (Wildman–Crippen MR) is 136 cm³/mol. The summed E-state index contributed by atoms with van der Waals surface area (Å²) in [7, 11) is 0. The molecule has 0 radical (unpaired) electrons. The molecule has 0 bridgehead atoms. The lowest BCUT2D eigenvalue weighted by molar-refractivity contribution is -0.169. The van der Waals surface area contributed by atoms with Crippen molar-refractivity contribution < 1.29 is 24.5 Å². The summed E-state index contributed by atoms with van der Waals surface area (Å²) < 4.78 is 5.09. The Balaban J connectivity index is 3.29. The molecule has 0 rings (SSSR count). The first-order chi connectivity index (χ1) is 16.1. The highest BCUT2D eigenvalue weighted by Crippen LogP contribution is 2.15. The molecule has 33 heavy (non-hydrogen) atoms. The molecule has 0 spiro atoms. The summed E-state index contributed by atoms with van der Waals surface area (Å²) in [6, 6.07) is 0. The molecule has 196 valence electrons. The smallest absolute Gasteiger partial charge is 0.308 e. The average molecular weight is 471 g/mol. The number of carboxylic acid groups (broad SMARTS) is 1. The number of aliphatic hydroxyl groups is 1. The molecule has 0 aromatic heterocycles. The normalized spacial score (nSPS) is 12.1. The first-order valence-electron chi connectivity index (χ1n) is 14.2. The standard InChI is InChI=1S/C28H54O5/c1-2-3-4-5-6-7-8-9-10-11-12-13-14-18-21-24-27(31)33-28(32)25-22-19-16-15-17-20-23-26(29)30/h27,31H,2-25H2,1H3,(H,29,30). The molecule has 0 aliphatic heterocycles. The van der Waals surface area contributed by atoms with Crippen LogP contribution in [0.1, 0.15) is 161 Å². The van der Waals surface area contributed by atoms with Gasteiger partial charge in [0.2, 0.25) is 6.29 Å². The Labute approximate surface area is 204 Å². The van der Waals surface area contributed by atoms with Crippen LogP contribution >= 0.6 is 0 Å². The summed E-state index contributed by atoms with van der Waals surface area (Å²) in [5.41, 5.74) is 0. The van der Waals surface area contributed by atoms with Gasteiger partial charge in [-0.3, -0.25) is 9.59 Å². The van der Waals surface area contributed by atoms with Gasteiger partial charge >= 0.3 is 11.9 Å². The highest BCUT2D eigenvalue weighted by molar-refractivity contribution is 5.69. The number of esters is 1. The topological polar surface area (TPSA) is 83.8 Å². The second-order valence-electron chi connectivity index (χ2n) is 9.70. The zero-order valence-corrected chi connectivity index (χ0v) is 21.7. The molecule has 5 nitrogen and oxygen atoms in total. The first-order valence-corrected chi connectivity index (χ1v) is 14.2. The number of unbranched alkanes of at least 4 members (excludes halogenated alkanes) is 19. The summed E-state index contributed by atoms with van der Waals surface area (Å²) in [5.74, 6) is -1.05. The van der Waals surface area contributed by atoms with Gasteiger partial charge < -0.3 is 14.9 Å². The summed E-state index contributed by atoms with van der Waals surface area (Å²) in [6.45, 7) is 2.27. The Morgan fingerprint density at radius 1 is 0.576 bits per heavy atom. The van der Waals surface area contributed by atoms with Gasteiger partial charge in [-0.15, -0.1) is 0 Å². The first kappa shape index (κ1) is 31.9. The number of ether oxygens (including phenoxy) is 1. The van der Waals surface area contributed by atoms with Gasteiger partial charge in [0, 0.05) is 19.3 Å². The molecule has 5 heteroatoms. The van der Waals surface area contributed by atoms with Crippen molar-refractivity contribution >= 4 is 11.9 Å². The van der Waals surface area contributed by atoms with E-state index in [9.17, 15) is 14.7 Å². The van der Waals surface area contributed by atoms with Crippen molar-refractivity contribution in [2.24, 2.45) is 0 Å². The van der Waals surface area contributed by atoms with E-state index in [0.29, 0.717) is 12.8 Å². The highest BCUT2D eigenvalue weighted by atomic mass is 16.6. The molecule has 0 aromatic carbocycles. The van der Waals surface area contributed by atoms with Crippen LogP contribution in [0, 0.1) is 0 Å². The third kappa shape index (κ3) is 27.0. The molecule has 0 aliphatic rings. The Morgan fingerprint density at radius 3 is 1.36 bits per heavy atom. The molecule has 0 saturated heterocycles. The predicted octanol–water partition coefficient (Wildman–Crippen LogP) is 8.31. The van der Waals surface area contributed by atoms with E-state index in [0.717, 1.165) is 51.4 Å². The lowest BCUT2D eigenvalue weighted by atomic mass is 10.0. The van der Waals surface area contributed by atoms with Crippen molar-refractivity contribution in [3.05, 3.63) is 0 Å². The van der Waals surface area contributed by atoms with Gasteiger partial charge in [-0.1, -0.05) is 122 Å². The molecule has 1 unspecified atom stereocenters. The molecule has 0 amide bonds. The lowest BCUT2D eigenvalue weighted by Gasteiger charge is -2.12. The minimum Gasteiger partial charge on any atom is -0.481 e. The van der Waals surface area contributed by atoms with Gasteiger partial charge in [-0.05, 0) is 19.3 Å². The number of hydrogen-bond donors (Lipinski definition) is 2. The van der Waals surface area contributed by atoms with Crippen LogP contribution in [-0.4, -0.2) is 28.4 Å². The van der Waals surface area contributed by atoms with E-state index in [4.69, 9.17) is 9.84 Å². The molecular formula is C28H54O5. The number of rotatable bonds is 26. The molecule has 0 fully saturated rings. The van der Waals surface area contributed by atoms with Crippen LogP contribution in [0.2, 0.25) is 0 Å². The maximum atomic E-state index is 11.8. The summed E-state index contributed by atoms with van der Waals surface area (Å²) in [6.07, 6.45) is 25.2. The quantitative estimate of drug-likeness (QED) is 0.0754. The second-order valence-corrected chi connectivity index (χ2v) is 9.70. The fraction of sp³-hybridized carbons (Fsp3) is 0.929. The van der Waals surface area contributed by atoms with E-state index >= 15 is 0 Å². The van der Waals surface area contributed by atoms with E-state index in [1.165, 1.54) is 83.5 Å². The molecule has 2 N–H and O–H groups in total. The van der Waals surface area contributed by atoms with Crippen LogP contribution in [0.5, 0.6) is 0 Å². The van der Waals surface area contributed by atoms with Gasteiger partial charge in [0.25, 0.3) is 0 Å². The Hall–Kier alpha value is -1.10. The monoisotopic (exact) mass is 470 g/mol. The average Bonchev–Trinajstić information content (AvgIpc) is 2.78. The number of aliphatic hydroxyl groups excluding tert-OH is 1. The third-order valence-electron chi connectivity index (χ3n) is 6.34. The number of carbonyl (C=O) groups is 2. The maximum Gasteiger partial charge on any atom is 0.308 e. The van der Waals surface area contributed by atoms with Gasteiger partial charge in [-0.2, -0.15) is 0 Å². The molecule has 0 aliphatic carbocycles. The van der Waals surface area contributed by atoms with Crippen LogP contribution in [-0.2, 0) is 14.3 Å². The summed E-state index contributed by atoms with van der Waals surface area (Å²) in [4.78, 5) is 22.2. The van der Waals surface area contributed by atoms with Crippen LogP contribution in [0.3, 0.4) is 0 Å². The van der Waals surface area contributed by atoms with Crippen molar-refractivity contribution in [1.82, 2.24) is 0 Å². The highest BCUT2D eigenvalue weighted by Gasteiger charge is 2.10. The van der Waals surface area contributed by atoms with Gasteiger partial charge in [0.05, 0.1) is 0 Å². The van der Waals surface area contributed by atoms with Gasteiger partial charge in [-0.25, -0.2) is 0 Å². The van der Waals surface area contributed by atoms with E-state index in [-0.39, 0.29) is 12.4 Å². The van der Waals surface area contributed by atoms with Gasteiger partial charge in [0.15, 0.2) is 0 Å². The Kier molecular flexibility index (Phi) is 24.7. The van der Waals surface area contributed by atoms with E-state index in [1.807, 2.05) is 0 Å². The Morgan fingerprint density at radius 2 is 0.939 bits per heavy atom. The third-order valence-corrected chi connectivity index (χ3v) is 6.34. The van der Waals surface area contributed by atoms with Crippen molar-refractivity contribution in [2.45, 2.75) is 167 Å². The van der Waals surface area contributed by atoms with E-state index < -0.39 is 12.3 Å². The molecule has 0 aromatic rings. The van der Waals surface area contributed by atoms with Crippen LogP contribution in [0.25, 0.3) is 0 Å². The van der Waals surface area contributed by atoms with Crippen LogP contribution < -0.4 is 0 Å². The van der Waals surface area contributed by atoms with Crippen molar-refractivity contribution in [3.63, 3.8) is 0 Å². The number of carboxylic acids is 1. The zero-order valence-electron chi connectivity index (χ0n) is 21.7. The maximum absolute atomic E-state index is 11.8. The van der Waals surface area contributed by atoms with Crippen molar-refractivity contribution in [1.29, 1.82) is 0 Å². The largest absolute Gasteiger partial charge is 0.481 e. The number of hydrogen-bond acceptors (Lipinski definition) is 4.